The van der Waals surface area contributed by atoms with E-state index in [-0.39, 0.29) is 21.7 Å². The first-order chi connectivity index (χ1) is 12.5. The van der Waals surface area contributed by atoms with Gasteiger partial charge in [0.25, 0.3) is 10.0 Å². The highest BCUT2D eigenvalue weighted by atomic mass is 32.2. The van der Waals surface area contributed by atoms with Gasteiger partial charge in [-0.2, -0.15) is 5.26 Å². The molecule has 26 heavy (non-hydrogen) atoms. The van der Waals surface area contributed by atoms with Gasteiger partial charge in [0.05, 0.1) is 11.3 Å². The smallest absolute Gasteiger partial charge is 0.269 e. The van der Waals surface area contributed by atoms with Gasteiger partial charge in [-0.1, -0.05) is 6.07 Å². The number of rotatable bonds is 5. The first-order valence-corrected chi connectivity index (χ1v) is 9.13. The highest BCUT2D eigenvalue weighted by molar-refractivity contribution is 7.90. The van der Waals surface area contributed by atoms with Crippen molar-refractivity contribution < 1.29 is 12.8 Å². The molecule has 0 aliphatic carbocycles. The Bertz CT molecular complexity index is 1090. The Kier molecular flexibility index (Phi) is 4.84. The summed E-state index contributed by atoms with van der Waals surface area (Å²) in [5.41, 5.74) is 0.702. The van der Waals surface area contributed by atoms with Crippen molar-refractivity contribution in [1.29, 1.82) is 5.26 Å². The van der Waals surface area contributed by atoms with E-state index in [1.54, 1.807) is 19.2 Å². The molecule has 132 valence electrons. The van der Waals surface area contributed by atoms with Gasteiger partial charge in [0, 0.05) is 30.7 Å². The molecule has 1 N–H and O–H groups in total. The largest absolute Gasteiger partial charge is 0.316 e. The summed E-state index contributed by atoms with van der Waals surface area (Å²) in [6.07, 6.45) is 4.14. The normalized spacial score (nSPS) is 11.3. The fraction of sp³-hybridized carbons (Fsp3) is 0.111. The second-order valence-electron chi connectivity index (χ2n) is 5.53. The predicted molar refractivity (Wildman–Crippen MR) is 94.1 cm³/mol. The van der Waals surface area contributed by atoms with Crippen molar-refractivity contribution in [2.75, 3.05) is 7.05 Å². The van der Waals surface area contributed by atoms with Crippen LogP contribution in [-0.2, 0) is 16.6 Å². The molecule has 0 amide bonds. The maximum Gasteiger partial charge on any atom is 0.269 e. The zero-order valence-corrected chi connectivity index (χ0v) is 14.7. The van der Waals surface area contributed by atoms with Crippen LogP contribution >= 0.6 is 0 Å². The minimum Gasteiger partial charge on any atom is -0.316 e. The Morgan fingerprint density at radius 3 is 2.77 bits per heavy atom. The van der Waals surface area contributed by atoms with Crippen molar-refractivity contribution in [3.8, 4) is 17.3 Å². The molecule has 0 unspecified atom stereocenters. The van der Waals surface area contributed by atoms with Gasteiger partial charge in [0.2, 0.25) is 0 Å². The molecule has 8 heteroatoms. The molecule has 0 bridgehead atoms. The highest BCUT2D eigenvalue weighted by Gasteiger charge is 2.24. The molecule has 0 atom stereocenters. The molecule has 0 aliphatic rings. The standard InChI is InChI=1S/C18H15FN4O2S/c1-21-10-13-8-17(16-6-2-4-14(9-20)18(16)19)23(12-13)26(24,25)15-5-3-7-22-11-15/h2-8,11-12,21H,10H2,1H3. The highest BCUT2D eigenvalue weighted by Crippen LogP contribution is 2.30. The Morgan fingerprint density at radius 2 is 2.12 bits per heavy atom. The Hall–Kier alpha value is -3.02. The van der Waals surface area contributed by atoms with Crippen molar-refractivity contribution >= 4 is 10.0 Å². The minimum absolute atomic E-state index is 0.00953. The zero-order chi connectivity index (χ0) is 18.7. The fourth-order valence-corrected chi connectivity index (χ4v) is 3.98. The maximum absolute atomic E-state index is 14.7. The van der Waals surface area contributed by atoms with Gasteiger partial charge in [0.1, 0.15) is 16.8 Å². The van der Waals surface area contributed by atoms with Crippen LogP contribution in [0.5, 0.6) is 0 Å². The maximum atomic E-state index is 14.7. The molecule has 0 radical (unpaired) electrons. The lowest BCUT2D eigenvalue weighted by atomic mass is 10.1. The zero-order valence-electron chi connectivity index (χ0n) is 13.8. The molecule has 0 saturated carbocycles. The van der Waals surface area contributed by atoms with Gasteiger partial charge in [-0.25, -0.2) is 16.8 Å². The Morgan fingerprint density at radius 1 is 1.31 bits per heavy atom. The van der Waals surface area contributed by atoms with E-state index in [1.165, 1.54) is 48.9 Å². The number of nitrogens with one attached hydrogen (secondary N) is 1. The molecule has 1 aromatic carbocycles. The third-order valence-corrected chi connectivity index (χ3v) is 5.47. The number of aromatic nitrogens is 2. The summed E-state index contributed by atoms with van der Waals surface area (Å²) >= 11 is 0. The van der Waals surface area contributed by atoms with E-state index in [0.717, 1.165) is 3.97 Å². The molecular weight excluding hydrogens is 355 g/mol. The molecule has 3 rings (SSSR count). The summed E-state index contributed by atoms with van der Waals surface area (Å²) in [5, 5.41) is 12.0. The SMILES string of the molecule is CNCc1cc(-c2cccc(C#N)c2F)n(S(=O)(=O)c2cccnc2)c1. The first kappa shape index (κ1) is 17.8. The molecule has 3 aromatic rings. The monoisotopic (exact) mass is 370 g/mol. The van der Waals surface area contributed by atoms with Crippen LogP contribution in [0, 0.1) is 17.1 Å². The van der Waals surface area contributed by atoms with Gasteiger partial charge in [-0.15, -0.1) is 0 Å². The summed E-state index contributed by atoms with van der Waals surface area (Å²) in [6, 6.07) is 10.6. The predicted octanol–water partition coefficient (Wildman–Crippen LogP) is 2.52. The van der Waals surface area contributed by atoms with Crippen LogP contribution in [0.4, 0.5) is 4.39 Å². The third-order valence-electron chi connectivity index (χ3n) is 3.81. The summed E-state index contributed by atoms with van der Waals surface area (Å²) < 4.78 is 41.7. The van der Waals surface area contributed by atoms with Crippen molar-refractivity contribution in [1.82, 2.24) is 14.3 Å². The fourth-order valence-electron chi connectivity index (χ4n) is 2.62. The van der Waals surface area contributed by atoms with Gasteiger partial charge in [0.15, 0.2) is 0 Å². The van der Waals surface area contributed by atoms with Crippen LogP contribution in [0.25, 0.3) is 11.3 Å². The van der Waals surface area contributed by atoms with Crippen molar-refractivity contribution in [2.45, 2.75) is 11.4 Å². The summed E-state index contributed by atoms with van der Waals surface area (Å²) in [5.74, 6) is -0.758. The average Bonchev–Trinajstić information content (AvgIpc) is 3.07. The number of pyridine rings is 1. The van der Waals surface area contributed by atoms with Gasteiger partial charge < -0.3 is 5.32 Å². The van der Waals surface area contributed by atoms with E-state index in [4.69, 9.17) is 5.26 Å². The molecule has 6 nitrogen and oxygen atoms in total. The molecule has 0 saturated heterocycles. The third kappa shape index (κ3) is 3.10. The number of hydrogen-bond donors (Lipinski definition) is 1. The van der Waals surface area contributed by atoms with Crippen LogP contribution in [0.1, 0.15) is 11.1 Å². The average molecular weight is 370 g/mol. The second-order valence-corrected chi connectivity index (χ2v) is 7.35. The molecule has 2 heterocycles. The number of benzene rings is 1. The number of nitriles is 1. The Labute approximate surface area is 150 Å². The molecular formula is C18H15FN4O2S. The minimum atomic E-state index is -3.97. The molecule has 2 aromatic heterocycles. The van der Waals surface area contributed by atoms with Crippen LogP contribution in [-0.4, -0.2) is 24.4 Å². The quantitative estimate of drug-likeness (QED) is 0.746. The molecule has 0 aliphatic heterocycles. The number of nitrogens with zero attached hydrogens (tertiary/aromatic N) is 3. The lowest BCUT2D eigenvalue weighted by Gasteiger charge is -2.11. The lowest BCUT2D eigenvalue weighted by molar-refractivity contribution is 0.587. The van der Waals surface area contributed by atoms with Crippen molar-refractivity contribution in [3.05, 3.63) is 71.9 Å². The molecule has 0 fully saturated rings. The van der Waals surface area contributed by atoms with E-state index in [2.05, 4.69) is 10.3 Å². The Balaban J connectivity index is 2.26. The topological polar surface area (TPSA) is 87.8 Å². The number of halogens is 1. The van der Waals surface area contributed by atoms with E-state index in [1.807, 2.05) is 0 Å². The van der Waals surface area contributed by atoms with Crippen LogP contribution in [0.15, 0.2) is 59.9 Å². The van der Waals surface area contributed by atoms with Gasteiger partial charge in [-0.3, -0.25) is 4.98 Å². The summed E-state index contributed by atoms with van der Waals surface area (Å²) in [6.45, 7) is 0.405. The summed E-state index contributed by atoms with van der Waals surface area (Å²) in [4.78, 5) is 3.84. The second kappa shape index (κ2) is 7.07. The lowest BCUT2D eigenvalue weighted by Crippen LogP contribution is -2.14. The van der Waals surface area contributed by atoms with Crippen LogP contribution in [0.2, 0.25) is 0 Å². The van der Waals surface area contributed by atoms with Crippen molar-refractivity contribution in [2.24, 2.45) is 0 Å². The molecule has 0 spiro atoms. The van der Waals surface area contributed by atoms with E-state index >= 15 is 0 Å². The first-order valence-electron chi connectivity index (χ1n) is 7.69. The van der Waals surface area contributed by atoms with Crippen LogP contribution in [0.3, 0.4) is 0 Å². The van der Waals surface area contributed by atoms with Crippen molar-refractivity contribution in [3.63, 3.8) is 0 Å². The van der Waals surface area contributed by atoms with E-state index in [9.17, 15) is 12.8 Å². The van der Waals surface area contributed by atoms with Gasteiger partial charge in [-0.05, 0) is 42.9 Å². The van der Waals surface area contributed by atoms with Crippen LogP contribution < -0.4 is 5.32 Å². The van der Waals surface area contributed by atoms with E-state index in [0.29, 0.717) is 12.1 Å². The van der Waals surface area contributed by atoms with E-state index < -0.39 is 15.8 Å². The van der Waals surface area contributed by atoms with Gasteiger partial charge >= 0.3 is 0 Å². The summed E-state index contributed by atoms with van der Waals surface area (Å²) in [7, 11) is -2.25. The number of hydrogen-bond acceptors (Lipinski definition) is 5.